The van der Waals surface area contributed by atoms with Crippen molar-refractivity contribution in [2.24, 2.45) is 5.73 Å². The number of rotatable bonds is 6. The molecule has 0 aliphatic carbocycles. The summed E-state index contributed by atoms with van der Waals surface area (Å²) in [5.74, 6) is 0. The van der Waals surface area contributed by atoms with Crippen LogP contribution >= 0.6 is 0 Å². The van der Waals surface area contributed by atoms with Gasteiger partial charge in [0.2, 0.25) is 0 Å². The predicted molar refractivity (Wildman–Crippen MR) is 46.9 cm³/mol. The van der Waals surface area contributed by atoms with Gasteiger partial charge in [-0.1, -0.05) is 0 Å². The maximum absolute atomic E-state index is 10.3. The van der Waals surface area contributed by atoms with Crippen molar-refractivity contribution in [2.45, 2.75) is 17.9 Å². The van der Waals surface area contributed by atoms with Crippen LogP contribution in [0.5, 0.6) is 0 Å². The average Bonchev–Trinajstić information content (AvgIpc) is 1.99. The highest BCUT2D eigenvalue weighted by Gasteiger charge is 2.17. The van der Waals surface area contributed by atoms with Crippen molar-refractivity contribution in [1.29, 1.82) is 0 Å². The molecular formula is C4H11NO7S2. The fourth-order valence-corrected chi connectivity index (χ4v) is 1.30. The lowest BCUT2D eigenvalue weighted by Gasteiger charge is -2.12. The number of hydrogen-bond donors (Lipinski definition) is 4. The fourth-order valence-electron chi connectivity index (χ4n) is 0.583. The first-order valence-electron chi connectivity index (χ1n) is 3.37. The van der Waals surface area contributed by atoms with Gasteiger partial charge in [0.15, 0.2) is 11.1 Å². The molecule has 0 bridgehead atoms. The average molecular weight is 249 g/mol. The first-order chi connectivity index (χ1) is 6.22. The number of nitrogens with two attached hydrogens (primary N) is 1. The van der Waals surface area contributed by atoms with Gasteiger partial charge < -0.3 is 15.4 Å². The van der Waals surface area contributed by atoms with Gasteiger partial charge in [0, 0.05) is 6.42 Å². The maximum Gasteiger partial charge on any atom is 0.397 e. The monoisotopic (exact) mass is 249 g/mol. The Kier molecular flexibility index (Phi) is 5.66. The molecule has 0 saturated carbocycles. The van der Waals surface area contributed by atoms with Gasteiger partial charge in [0.05, 0.1) is 12.7 Å². The molecule has 0 saturated heterocycles. The van der Waals surface area contributed by atoms with Crippen LogP contribution < -0.4 is 5.73 Å². The molecule has 0 spiro atoms. The second kappa shape index (κ2) is 5.70. The Morgan fingerprint density at radius 2 is 2.00 bits per heavy atom. The van der Waals surface area contributed by atoms with E-state index in [0.29, 0.717) is 0 Å². The second-order valence-corrected chi connectivity index (χ2v) is 4.67. The summed E-state index contributed by atoms with van der Waals surface area (Å²) >= 11 is -2.31. The molecule has 8 nitrogen and oxygen atoms in total. The largest absolute Gasteiger partial charge is 0.397 e. The van der Waals surface area contributed by atoms with Gasteiger partial charge in [-0.25, -0.2) is 8.39 Å². The molecule has 86 valence electrons. The highest BCUT2D eigenvalue weighted by molar-refractivity contribution is 7.80. The van der Waals surface area contributed by atoms with Gasteiger partial charge >= 0.3 is 10.4 Å². The van der Waals surface area contributed by atoms with E-state index >= 15 is 0 Å². The third kappa shape index (κ3) is 7.32. The smallest absolute Gasteiger partial charge is 0.391 e. The van der Waals surface area contributed by atoms with Crippen molar-refractivity contribution in [3.8, 4) is 0 Å². The topological polar surface area (TPSA) is 147 Å². The third-order valence-electron chi connectivity index (χ3n) is 1.17. The molecule has 0 aromatic heterocycles. The molecule has 0 rings (SSSR count). The number of aliphatic hydroxyl groups is 1. The molecule has 0 aromatic carbocycles. The quantitative estimate of drug-likeness (QED) is 0.314. The SMILES string of the molecule is NC(CC(O)COS(=O)(=O)O)S(=O)O. The molecule has 0 aliphatic heterocycles. The molecule has 3 unspecified atom stereocenters. The second-order valence-electron chi connectivity index (χ2n) is 2.42. The number of aliphatic hydroxyl groups excluding tert-OH is 1. The summed E-state index contributed by atoms with van der Waals surface area (Å²) < 4.78 is 50.7. The summed E-state index contributed by atoms with van der Waals surface area (Å²) in [6.45, 7) is -0.719. The van der Waals surface area contributed by atoms with E-state index in [2.05, 4.69) is 4.18 Å². The van der Waals surface area contributed by atoms with E-state index in [1.54, 1.807) is 0 Å². The van der Waals surface area contributed by atoms with E-state index in [1.807, 2.05) is 0 Å². The first-order valence-corrected chi connectivity index (χ1v) is 5.91. The minimum absolute atomic E-state index is 0.321. The Balaban J connectivity index is 3.88. The van der Waals surface area contributed by atoms with Gasteiger partial charge in [0.25, 0.3) is 0 Å². The molecule has 0 aliphatic rings. The van der Waals surface area contributed by atoms with Crippen molar-refractivity contribution in [3.63, 3.8) is 0 Å². The fraction of sp³-hybridized carbons (Fsp3) is 1.00. The predicted octanol–water partition coefficient (Wildman–Crippen LogP) is -1.94. The zero-order chi connectivity index (χ0) is 11.4. The van der Waals surface area contributed by atoms with Crippen molar-refractivity contribution >= 4 is 21.5 Å². The molecular weight excluding hydrogens is 238 g/mol. The van der Waals surface area contributed by atoms with Crippen molar-refractivity contribution in [3.05, 3.63) is 0 Å². The van der Waals surface area contributed by atoms with E-state index in [9.17, 15) is 12.6 Å². The molecule has 10 heteroatoms. The molecule has 0 amide bonds. The first kappa shape index (κ1) is 13.9. The van der Waals surface area contributed by atoms with Gasteiger partial charge in [-0.05, 0) is 0 Å². The van der Waals surface area contributed by atoms with Crippen LogP contribution in [0.4, 0.5) is 0 Å². The minimum atomic E-state index is -4.61. The lowest BCUT2D eigenvalue weighted by atomic mass is 10.3. The summed E-state index contributed by atoms with van der Waals surface area (Å²) in [7, 11) is -4.61. The maximum atomic E-state index is 10.3. The Labute approximate surface area is 83.3 Å². The Morgan fingerprint density at radius 1 is 1.50 bits per heavy atom. The summed E-state index contributed by atoms with van der Waals surface area (Å²) in [4.78, 5) is 0. The van der Waals surface area contributed by atoms with Gasteiger partial charge in [-0.15, -0.1) is 0 Å². The van der Waals surface area contributed by atoms with Crippen LogP contribution in [-0.2, 0) is 25.7 Å². The van der Waals surface area contributed by atoms with Gasteiger partial charge in [0.1, 0.15) is 5.37 Å². The van der Waals surface area contributed by atoms with Crippen LogP contribution in [0.15, 0.2) is 0 Å². The molecule has 14 heavy (non-hydrogen) atoms. The summed E-state index contributed by atoms with van der Waals surface area (Å²) in [6.07, 6.45) is -1.67. The molecule has 0 aromatic rings. The third-order valence-corrected chi connectivity index (χ3v) is 2.32. The molecule has 3 atom stereocenters. The Morgan fingerprint density at radius 3 is 2.36 bits per heavy atom. The lowest BCUT2D eigenvalue weighted by Crippen LogP contribution is -2.32. The van der Waals surface area contributed by atoms with E-state index in [1.165, 1.54) is 0 Å². The molecule has 0 radical (unpaired) electrons. The van der Waals surface area contributed by atoms with E-state index in [0.717, 1.165) is 0 Å². The van der Waals surface area contributed by atoms with Crippen LogP contribution in [0.25, 0.3) is 0 Å². The summed E-state index contributed by atoms with van der Waals surface area (Å²) in [5.41, 5.74) is 5.08. The van der Waals surface area contributed by atoms with Gasteiger partial charge in [-0.2, -0.15) is 8.42 Å². The highest BCUT2D eigenvalue weighted by atomic mass is 32.3. The molecule has 0 fully saturated rings. The van der Waals surface area contributed by atoms with Crippen molar-refractivity contribution < 1.29 is 31.0 Å². The normalized spacial score (nSPS) is 18.9. The van der Waals surface area contributed by atoms with Crippen LogP contribution in [-0.4, -0.2) is 44.9 Å². The summed E-state index contributed by atoms with van der Waals surface area (Å²) in [5, 5.41) is 7.81. The van der Waals surface area contributed by atoms with Crippen molar-refractivity contribution in [1.82, 2.24) is 0 Å². The molecule has 0 heterocycles. The lowest BCUT2D eigenvalue weighted by molar-refractivity contribution is 0.0951. The Bertz CT molecular complexity index is 288. The zero-order valence-electron chi connectivity index (χ0n) is 6.94. The van der Waals surface area contributed by atoms with Crippen LogP contribution in [0.2, 0.25) is 0 Å². The summed E-state index contributed by atoms with van der Waals surface area (Å²) in [6, 6.07) is 0. The zero-order valence-corrected chi connectivity index (χ0v) is 8.57. The van der Waals surface area contributed by atoms with E-state index in [-0.39, 0.29) is 6.42 Å². The minimum Gasteiger partial charge on any atom is -0.391 e. The van der Waals surface area contributed by atoms with Crippen LogP contribution in [0.1, 0.15) is 6.42 Å². The van der Waals surface area contributed by atoms with Crippen LogP contribution in [0.3, 0.4) is 0 Å². The van der Waals surface area contributed by atoms with Gasteiger partial charge in [-0.3, -0.25) is 4.55 Å². The number of hydrogen-bond acceptors (Lipinski definition) is 6. The Hall–Kier alpha value is -0.100. The standard InChI is InChI=1S/C4H11NO7S2/c5-4(13(7)8)1-3(6)2-12-14(9,10)11/h3-4,6H,1-2,5H2,(H,7,8)(H,9,10,11). The van der Waals surface area contributed by atoms with Crippen LogP contribution in [0, 0.1) is 0 Å². The van der Waals surface area contributed by atoms with E-state index in [4.69, 9.17) is 19.9 Å². The van der Waals surface area contributed by atoms with Crippen molar-refractivity contribution in [2.75, 3.05) is 6.61 Å². The molecule has 5 N–H and O–H groups in total. The van der Waals surface area contributed by atoms with E-state index < -0.39 is 39.6 Å². The highest BCUT2D eigenvalue weighted by Crippen LogP contribution is 2.01.